The van der Waals surface area contributed by atoms with Crippen LogP contribution in [0.5, 0.6) is 0 Å². The van der Waals surface area contributed by atoms with Crippen molar-refractivity contribution in [2.75, 3.05) is 9.80 Å². The van der Waals surface area contributed by atoms with Gasteiger partial charge in [0.2, 0.25) is 0 Å². The summed E-state index contributed by atoms with van der Waals surface area (Å²) in [7, 11) is -4.16. The molecule has 4 heteroatoms. The van der Waals surface area contributed by atoms with Gasteiger partial charge in [0.05, 0.1) is 0 Å². The van der Waals surface area contributed by atoms with Gasteiger partial charge in [0.15, 0.2) is 0 Å². The molecule has 2 nitrogen and oxygen atoms in total. The molecule has 0 radical (unpaired) electrons. The molecule has 406 valence electrons. The van der Waals surface area contributed by atoms with Crippen molar-refractivity contribution in [3.63, 3.8) is 0 Å². The molecule has 0 amide bonds. The Morgan fingerprint density at radius 1 is 0.244 bits per heavy atom. The smallest absolute Gasteiger partial charge is 0.117 e. The van der Waals surface area contributed by atoms with E-state index >= 15 is 0 Å². The Bertz CT molecular complexity index is 4630. The molecule has 86 heavy (non-hydrogen) atoms. The molecule has 4 bridgehead atoms. The van der Waals surface area contributed by atoms with Gasteiger partial charge in [-0.15, -0.1) is 0 Å². The van der Waals surface area contributed by atoms with E-state index < -0.39 is 16.1 Å². The monoisotopic (exact) mass is 1130 g/mol. The largest absolute Gasteiger partial charge is 0.311 e. The number of hydrogen-bond donors (Lipinski definition) is 0. The van der Waals surface area contributed by atoms with Gasteiger partial charge in [-0.2, -0.15) is 0 Å². The molecular weight excluding hydrogens is 1070 g/mol. The van der Waals surface area contributed by atoms with E-state index in [0.29, 0.717) is 0 Å². The van der Waals surface area contributed by atoms with Crippen molar-refractivity contribution in [3.8, 4) is 22.3 Å². The van der Waals surface area contributed by atoms with Gasteiger partial charge in [-0.1, -0.05) is 245 Å². The number of rotatable bonds is 4. The van der Waals surface area contributed by atoms with Crippen molar-refractivity contribution in [2.24, 2.45) is 0 Å². The molecule has 2 aliphatic heterocycles. The van der Waals surface area contributed by atoms with E-state index in [0.717, 1.165) is 0 Å². The van der Waals surface area contributed by atoms with Crippen LogP contribution >= 0.6 is 0 Å². The van der Waals surface area contributed by atoms with Gasteiger partial charge in [0.1, 0.15) is 16.1 Å². The predicted octanol–water partition coefficient (Wildman–Crippen LogP) is 18.5. The number of anilines is 6. The van der Waals surface area contributed by atoms with E-state index in [1.165, 1.54) is 165 Å². The summed E-state index contributed by atoms with van der Waals surface area (Å²) in [5.74, 6) is 0.424. The van der Waals surface area contributed by atoms with Crippen LogP contribution in [0.2, 0.25) is 26.2 Å². The third kappa shape index (κ3) is 6.29. The molecule has 8 aliphatic rings. The van der Waals surface area contributed by atoms with Crippen LogP contribution in [0.1, 0.15) is 90.4 Å². The quantitative estimate of drug-likeness (QED) is 0.128. The molecule has 21 rings (SSSR count). The van der Waals surface area contributed by atoms with Crippen molar-refractivity contribution >= 4 is 92.6 Å². The topological polar surface area (TPSA) is 6.48 Å². The van der Waals surface area contributed by atoms with Crippen LogP contribution in [0.4, 0.5) is 34.1 Å². The first kappa shape index (κ1) is 48.8. The lowest BCUT2D eigenvalue weighted by molar-refractivity contribution is 0.756. The molecular formula is C82H60N2Si2. The Morgan fingerprint density at radius 3 is 0.826 bits per heavy atom. The second-order valence-corrected chi connectivity index (χ2v) is 34.7. The van der Waals surface area contributed by atoms with Crippen molar-refractivity contribution < 1.29 is 0 Å². The minimum atomic E-state index is -2.08. The van der Waals surface area contributed by atoms with E-state index in [1.807, 2.05) is 0 Å². The lowest BCUT2D eigenvalue weighted by Crippen LogP contribution is -2.58. The average Bonchev–Trinajstić information content (AvgIpc) is 0.804. The van der Waals surface area contributed by atoms with Crippen LogP contribution in [0.3, 0.4) is 0 Å². The number of fused-ring (bicyclic) bond motifs is 6. The van der Waals surface area contributed by atoms with E-state index in [2.05, 4.69) is 303 Å². The molecule has 0 saturated heterocycles. The zero-order chi connectivity index (χ0) is 56.9. The third-order valence-electron chi connectivity index (χ3n) is 21.4. The van der Waals surface area contributed by atoms with Gasteiger partial charge in [-0.25, -0.2) is 0 Å². The molecule has 0 spiro atoms. The summed E-state index contributed by atoms with van der Waals surface area (Å²) in [4.78, 5) is 5.20. The molecule has 0 N–H and O–H groups in total. The van der Waals surface area contributed by atoms with E-state index in [4.69, 9.17) is 0 Å². The second-order valence-electron chi connectivity index (χ2n) is 26.1. The highest BCUT2D eigenvalue weighted by Gasteiger charge is 2.46. The minimum absolute atomic E-state index is 0.0737. The number of nitrogens with zero attached hydrogens (tertiary/aromatic N) is 2. The van der Waals surface area contributed by atoms with E-state index in [9.17, 15) is 0 Å². The summed E-state index contributed by atoms with van der Waals surface area (Å²) in [6.45, 7) is 10.1. The maximum Gasteiger partial charge on any atom is 0.117 e. The summed E-state index contributed by atoms with van der Waals surface area (Å²) >= 11 is 0. The highest BCUT2D eigenvalue weighted by atomic mass is 28.3. The SMILES string of the molecule is C[Si]1(C)c2ccccc2N(c2ccc3c(-c4cccc5c4C4c6ccccc6C5c5ccccc54)c4cc(N5c6ccccc6[Si](C)(C)c6ccccc65)ccc4c(-c4cccc5c4C4c6ccccc6C5c5ccccc54)c3c2)c2ccccc21. The number of benzene rings is 13. The number of para-hydroxylation sites is 4. The summed E-state index contributed by atoms with van der Waals surface area (Å²) < 4.78 is 0. The Labute approximate surface area is 505 Å². The molecule has 2 heterocycles. The van der Waals surface area contributed by atoms with Gasteiger partial charge in [0.25, 0.3) is 0 Å². The first-order valence-corrected chi connectivity index (χ1v) is 36.9. The Morgan fingerprint density at radius 2 is 0.512 bits per heavy atom. The molecule has 0 atom stereocenters. The third-order valence-corrected chi connectivity index (χ3v) is 28.4. The van der Waals surface area contributed by atoms with Crippen LogP contribution in [0.25, 0.3) is 43.8 Å². The van der Waals surface area contributed by atoms with Crippen LogP contribution < -0.4 is 30.5 Å². The molecule has 0 unspecified atom stereocenters. The Kier molecular flexibility index (Phi) is 9.93. The summed E-state index contributed by atoms with van der Waals surface area (Å²) in [6, 6.07) is 104. The molecule has 13 aromatic rings. The van der Waals surface area contributed by atoms with Gasteiger partial charge in [0, 0.05) is 57.8 Å². The van der Waals surface area contributed by atoms with E-state index in [1.54, 1.807) is 0 Å². The molecule has 6 aliphatic carbocycles. The van der Waals surface area contributed by atoms with Gasteiger partial charge >= 0.3 is 0 Å². The highest BCUT2D eigenvalue weighted by molar-refractivity contribution is 7.03. The maximum atomic E-state index is 2.60. The fraction of sp³-hybridized carbons (Fsp3) is 0.0976. The molecule has 0 saturated carbocycles. The van der Waals surface area contributed by atoms with Crippen LogP contribution in [-0.4, -0.2) is 16.1 Å². The molecule has 13 aromatic carbocycles. The second kappa shape index (κ2) is 17.5. The van der Waals surface area contributed by atoms with Crippen molar-refractivity contribution in [1.82, 2.24) is 0 Å². The van der Waals surface area contributed by atoms with Gasteiger partial charge in [-0.3, -0.25) is 0 Å². The fourth-order valence-corrected chi connectivity index (χ4v) is 23.8. The first-order valence-electron chi connectivity index (χ1n) is 30.9. The zero-order valence-corrected chi connectivity index (χ0v) is 50.6. The normalized spacial score (nSPS) is 18.6. The van der Waals surface area contributed by atoms with Crippen LogP contribution in [0.15, 0.2) is 267 Å². The van der Waals surface area contributed by atoms with Crippen LogP contribution in [0, 0.1) is 0 Å². The lowest BCUT2D eigenvalue weighted by Gasteiger charge is -2.44. The predicted molar refractivity (Wildman–Crippen MR) is 365 cm³/mol. The minimum Gasteiger partial charge on any atom is -0.311 e. The number of hydrogen-bond acceptors (Lipinski definition) is 2. The zero-order valence-electron chi connectivity index (χ0n) is 48.6. The van der Waals surface area contributed by atoms with E-state index in [-0.39, 0.29) is 23.7 Å². The van der Waals surface area contributed by atoms with Crippen molar-refractivity contribution in [1.29, 1.82) is 0 Å². The van der Waals surface area contributed by atoms with Gasteiger partial charge in [-0.05, 0) is 180 Å². The lowest BCUT2D eigenvalue weighted by atomic mass is 9.59. The molecule has 0 aromatic heterocycles. The average molecular weight is 1130 g/mol. The Balaban J connectivity index is 0.970. The summed E-state index contributed by atoms with van der Waals surface area (Å²) in [5, 5.41) is 10.9. The summed E-state index contributed by atoms with van der Waals surface area (Å²) in [6.07, 6.45) is 0. The van der Waals surface area contributed by atoms with Crippen molar-refractivity contribution in [2.45, 2.75) is 49.9 Å². The fourth-order valence-electron chi connectivity index (χ4n) is 17.8. The Hall–Kier alpha value is -9.59. The van der Waals surface area contributed by atoms with Crippen molar-refractivity contribution in [3.05, 3.63) is 334 Å². The highest BCUT2D eigenvalue weighted by Crippen LogP contribution is 2.62. The van der Waals surface area contributed by atoms with Gasteiger partial charge < -0.3 is 9.80 Å². The van der Waals surface area contributed by atoms with Crippen LogP contribution in [-0.2, 0) is 0 Å². The maximum absolute atomic E-state index is 2.60. The standard InChI is InChI=1S/C82H60N2Si2/c1-85(2)71-39-17-13-35-67(71)83(68-36-14-18-40-72(68)85)49-43-45-59-65(47-49)77(63-33-21-31-61-75-51-23-5-9-27-55(51)79(81(61)63)56-28-10-6-24-52(56)75)60-46-44-50(84-69-37-15-19-41-73(69)86(3,4)74-42-20-16-38-70(74)84)48-66(60)78(59)64-34-22-32-62-76-53-25-7-11-29-57(53)80(82(62)64)58-30-12-8-26-54(58)76/h5-48,75-76,79-80H,1-4H3. The molecule has 0 fully saturated rings. The first-order chi connectivity index (χ1) is 42.3. The summed E-state index contributed by atoms with van der Waals surface area (Å²) in [5.41, 5.74) is 29.9.